The summed E-state index contributed by atoms with van der Waals surface area (Å²) in [6.07, 6.45) is 12.4. The van der Waals surface area contributed by atoms with Gasteiger partial charge in [-0.05, 0) is 103 Å². The Labute approximate surface area is 256 Å². The number of nitrogens with one attached hydrogen (secondary N) is 2. The van der Waals surface area contributed by atoms with Crippen molar-refractivity contribution in [2.24, 2.45) is 11.8 Å². The number of rotatable bonds is 9. The molecule has 1 aromatic carbocycles. The molecule has 2 fully saturated rings. The van der Waals surface area contributed by atoms with Gasteiger partial charge < -0.3 is 36.7 Å². The van der Waals surface area contributed by atoms with E-state index in [-0.39, 0.29) is 5.75 Å². The van der Waals surface area contributed by atoms with Crippen molar-refractivity contribution in [1.82, 2.24) is 19.9 Å². The summed E-state index contributed by atoms with van der Waals surface area (Å²) in [6.45, 7) is 1.70. The number of methoxy groups -OCH3 is 2. The van der Waals surface area contributed by atoms with E-state index in [0.29, 0.717) is 51.8 Å². The van der Waals surface area contributed by atoms with Gasteiger partial charge >= 0.3 is 0 Å². The number of hydrogen-bond acceptors (Lipinski definition) is 11. The van der Waals surface area contributed by atoms with Crippen LogP contribution in [0.15, 0.2) is 41.3 Å². The van der Waals surface area contributed by atoms with Gasteiger partial charge in [0.1, 0.15) is 10.4 Å². The Balaban J connectivity index is 0.000000201. The molecule has 7 N–H and O–H groups in total. The molecular formula is C30H43BrN8O3. The van der Waals surface area contributed by atoms with Crippen molar-refractivity contribution in [3.05, 3.63) is 41.3 Å². The highest BCUT2D eigenvalue weighted by molar-refractivity contribution is 9.10. The number of aromatic nitrogens is 4. The molecule has 0 atom stereocenters. The lowest BCUT2D eigenvalue weighted by molar-refractivity contribution is 0.129. The maximum absolute atomic E-state index is 9.40. The molecule has 0 radical (unpaired) electrons. The molecular weight excluding hydrogens is 600 g/mol. The van der Waals surface area contributed by atoms with Crippen molar-refractivity contribution in [2.45, 2.75) is 63.5 Å². The van der Waals surface area contributed by atoms with Crippen LogP contribution in [0, 0.1) is 11.8 Å². The van der Waals surface area contributed by atoms with Crippen LogP contribution in [0.3, 0.4) is 0 Å². The van der Waals surface area contributed by atoms with Gasteiger partial charge in [-0.25, -0.2) is 19.9 Å². The highest BCUT2D eigenvalue weighted by Crippen LogP contribution is 2.30. The first-order valence-corrected chi connectivity index (χ1v) is 15.3. The smallest absolute Gasteiger partial charge is 0.170 e. The Morgan fingerprint density at radius 3 is 1.74 bits per heavy atom. The van der Waals surface area contributed by atoms with E-state index in [2.05, 4.69) is 46.5 Å². The van der Waals surface area contributed by atoms with Crippen molar-refractivity contribution in [3.63, 3.8) is 0 Å². The van der Waals surface area contributed by atoms with Gasteiger partial charge in [0.2, 0.25) is 0 Å². The number of ether oxygens (including phenoxy) is 2. The number of nitrogens with zero attached hydrogens (tertiary/aromatic N) is 4. The molecule has 2 saturated carbocycles. The number of hydrogen-bond donors (Lipinski definition) is 5. The number of benzene rings is 1. The van der Waals surface area contributed by atoms with Crippen molar-refractivity contribution < 1.29 is 14.6 Å². The second kappa shape index (κ2) is 15.9. The Bertz CT molecular complexity index is 1250. The predicted molar refractivity (Wildman–Crippen MR) is 170 cm³/mol. The molecule has 0 unspecified atom stereocenters. The van der Waals surface area contributed by atoms with Gasteiger partial charge in [0.15, 0.2) is 23.3 Å². The topological polar surface area (TPSA) is 166 Å². The van der Waals surface area contributed by atoms with E-state index in [4.69, 9.17) is 20.9 Å². The van der Waals surface area contributed by atoms with Crippen LogP contribution < -0.4 is 22.1 Å². The normalized spacial score (nSPS) is 22.1. The van der Waals surface area contributed by atoms with Crippen molar-refractivity contribution >= 4 is 39.2 Å². The van der Waals surface area contributed by atoms with E-state index in [1.54, 1.807) is 38.7 Å². The minimum atomic E-state index is 0.230. The molecule has 12 heteroatoms. The van der Waals surface area contributed by atoms with Gasteiger partial charge in [-0.3, -0.25) is 0 Å². The SMILES string of the molecule is COCC1CCC(Nc2nc(-c3ccc(O)cc3)cnc2N)CC1.COCC1CCC(Nc2nc(Br)cnc2N)CC1. The van der Waals surface area contributed by atoms with Crippen LogP contribution >= 0.6 is 15.9 Å². The quantitative estimate of drug-likeness (QED) is 0.200. The van der Waals surface area contributed by atoms with Crippen LogP contribution in [0.5, 0.6) is 5.75 Å². The molecule has 0 saturated heterocycles. The minimum absolute atomic E-state index is 0.230. The summed E-state index contributed by atoms with van der Waals surface area (Å²) in [4.78, 5) is 17.3. The number of phenolic OH excluding ortho intramolecular Hbond substituents is 1. The first-order valence-electron chi connectivity index (χ1n) is 14.6. The summed E-state index contributed by atoms with van der Waals surface area (Å²) in [5, 5.41) is 16.2. The minimum Gasteiger partial charge on any atom is -0.508 e. The largest absolute Gasteiger partial charge is 0.508 e. The predicted octanol–water partition coefficient (Wildman–Crippen LogP) is 5.49. The average Bonchev–Trinajstić information content (AvgIpc) is 2.99. The highest BCUT2D eigenvalue weighted by atomic mass is 79.9. The molecule has 42 heavy (non-hydrogen) atoms. The molecule has 2 aliphatic carbocycles. The molecule has 5 rings (SSSR count). The van der Waals surface area contributed by atoms with Crippen molar-refractivity contribution in [2.75, 3.05) is 49.5 Å². The van der Waals surface area contributed by atoms with Crippen LogP contribution in [0.2, 0.25) is 0 Å². The lowest BCUT2D eigenvalue weighted by Gasteiger charge is -2.29. The van der Waals surface area contributed by atoms with Gasteiger partial charge in [-0.15, -0.1) is 0 Å². The number of aromatic hydroxyl groups is 1. The van der Waals surface area contributed by atoms with Gasteiger partial charge in [-0.2, -0.15) is 0 Å². The fraction of sp³-hybridized carbons (Fsp3) is 0.533. The second-order valence-electron chi connectivity index (χ2n) is 11.1. The van der Waals surface area contributed by atoms with Crippen LogP contribution in [-0.4, -0.2) is 64.6 Å². The Kier molecular flexibility index (Phi) is 12.0. The van der Waals surface area contributed by atoms with E-state index in [1.807, 2.05) is 12.1 Å². The van der Waals surface area contributed by atoms with Gasteiger partial charge in [0.25, 0.3) is 0 Å². The molecule has 3 aromatic rings. The van der Waals surface area contributed by atoms with Crippen LogP contribution in [0.25, 0.3) is 11.3 Å². The third-order valence-electron chi connectivity index (χ3n) is 7.92. The number of nitrogen functional groups attached to an aromatic ring is 2. The van der Waals surface area contributed by atoms with E-state index < -0.39 is 0 Å². The maximum Gasteiger partial charge on any atom is 0.170 e. The van der Waals surface area contributed by atoms with Gasteiger partial charge in [-0.1, -0.05) is 0 Å². The molecule has 2 heterocycles. The summed E-state index contributed by atoms with van der Waals surface area (Å²) < 4.78 is 11.1. The Hall–Kier alpha value is -3.22. The number of nitrogens with two attached hydrogens (primary N) is 2. The third-order valence-corrected chi connectivity index (χ3v) is 8.30. The van der Waals surface area contributed by atoms with E-state index in [9.17, 15) is 5.11 Å². The molecule has 0 bridgehead atoms. The molecule has 2 aromatic heterocycles. The number of phenols is 1. The molecule has 228 valence electrons. The van der Waals surface area contributed by atoms with Crippen LogP contribution in [0.1, 0.15) is 51.4 Å². The van der Waals surface area contributed by atoms with Crippen molar-refractivity contribution in [3.8, 4) is 17.0 Å². The Morgan fingerprint density at radius 1 is 0.762 bits per heavy atom. The summed E-state index contributed by atoms with van der Waals surface area (Å²) in [5.41, 5.74) is 13.4. The lowest BCUT2D eigenvalue weighted by atomic mass is 9.86. The van der Waals surface area contributed by atoms with E-state index in [1.165, 1.54) is 12.8 Å². The fourth-order valence-corrected chi connectivity index (χ4v) is 5.84. The zero-order valence-electron chi connectivity index (χ0n) is 24.4. The summed E-state index contributed by atoms with van der Waals surface area (Å²) >= 11 is 3.31. The van der Waals surface area contributed by atoms with Crippen molar-refractivity contribution in [1.29, 1.82) is 0 Å². The fourth-order valence-electron chi connectivity index (χ4n) is 5.56. The summed E-state index contributed by atoms with van der Waals surface area (Å²) in [6, 6.07) is 7.70. The lowest BCUT2D eigenvalue weighted by Crippen LogP contribution is -2.28. The number of anilines is 4. The average molecular weight is 644 g/mol. The highest BCUT2D eigenvalue weighted by Gasteiger charge is 2.23. The maximum atomic E-state index is 9.40. The van der Waals surface area contributed by atoms with E-state index >= 15 is 0 Å². The van der Waals surface area contributed by atoms with Crippen LogP contribution in [0.4, 0.5) is 23.3 Å². The number of halogens is 1. The van der Waals surface area contributed by atoms with Gasteiger partial charge in [0, 0.05) is 45.1 Å². The standard InChI is InChI=1S/C18H24N4O2.C12H19BrN4O/c1-24-11-12-2-6-14(7-3-12)21-18-17(19)20-10-16(22-18)13-4-8-15(23)9-5-13;1-18-7-8-2-4-9(5-3-8)16-12-11(14)15-6-10(13)17-12/h4-5,8-10,12,14,23H,2-3,6-7,11H2,1H3,(H2,19,20)(H,21,22);6,8-9H,2-5,7H2,1H3,(H2,14,15)(H,16,17). The summed E-state index contributed by atoms with van der Waals surface area (Å²) in [5.74, 6) is 3.76. The van der Waals surface area contributed by atoms with E-state index in [0.717, 1.165) is 63.0 Å². The first-order chi connectivity index (χ1) is 20.3. The molecule has 0 amide bonds. The summed E-state index contributed by atoms with van der Waals surface area (Å²) in [7, 11) is 3.53. The molecule has 11 nitrogen and oxygen atoms in total. The first kappa shape index (κ1) is 31.7. The second-order valence-corrected chi connectivity index (χ2v) is 11.9. The molecule has 0 aliphatic heterocycles. The monoisotopic (exact) mass is 642 g/mol. The zero-order chi connectivity index (χ0) is 29.9. The molecule has 2 aliphatic rings. The zero-order valence-corrected chi connectivity index (χ0v) is 26.0. The Morgan fingerprint density at radius 2 is 1.24 bits per heavy atom. The molecule has 0 spiro atoms. The van der Waals surface area contributed by atoms with Gasteiger partial charge in [0.05, 0.1) is 18.1 Å². The third kappa shape index (κ3) is 9.40. The van der Waals surface area contributed by atoms with Crippen LogP contribution in [-0.2, 0) is 9.47 Å².